The van der Waals surface area contributed by atoms with E-state index in [1.54, 1.807) is 0 Å². The van der Waals surface area contributed by atoms with Gasteiger partial charge in [0.05, 0.1) is 6.07 Å². The van der Waals surface area contributed by atoms with Gasteiger partial charge in [-0.05, 0) is 4.74 Å². The normalized spacial score (nSPS) is 10.9. The molecular weight excluding hydrogens is 138 g/mol. The van der Waals surface area contributed by atoms with Crippen molar-refractivity contribution in [3.05, 3.63) is 25.5 Å². The third kappa shape index (κ3) is 2.37. The van der Waals surface area contributed by atoms with Gasteiger partial charge in [0, 0.05) is 27.7 Å². The second kappa shape index (κ2) is 3.07. The van der Waals surface area contributed by atoms with Gasteiger partial charge >= 0.3 is 0 Å². The number of aryl methyl sites for hydroxylation is 1. The topological polar surface area (TPSA) is 17.0 Å². The van der Waals surface area contributed by atoms with Crippen LogP contribution in [0.1, 0.15) is 26.5 Å². The summed E-state index contributed by atoms with van der Waals surface area (Å²) in [5.74, 6) is 0.954. The molecule has 0 N–H and O–H groups in total. The average Bonchev–Trinajstić information content (AvgIpc) is 2.11. The van der Waals surface area contributed by atoms with Crippen molar-refractivity contribution >= 4 is 0 Å². The van der Waals surface area contributed by atoms with Gasteiger partial charge in [-0.1, -0.05) is 0 Å². The minimum absolute atomic E-state index is 0. The lowest BCUT2D eigenvalue weighted by Crippen LogP contribution is -2.48. The van der Waals surface area contributed by atoms with Crippen LogP contribution in [0.25, 0.3) is 0 Å². The SMILES string of the molecule is Cc1cc[n+](C(C)(C)C)o1.[CH3-]. The Morgan fingerprint density at radius 2 is 1.91 bits per heavy atom. The van der Waals surface area contributed by atoms with Crippen molar-refractivity contribution in [3.63, 3.8) is 0 Å². The third-order valence-corrected chi connectivity index (χ3v) is 1.35. The van der Waals surface area contributed by atoms with Crippen molar-refractivity contribution in [2.75, 3.05) is 0 Å². The molecule has 0 saturated heterocycles. The van der Waals surface area contributed by atoms with E-state index in [-0.39, 0.29) is 13.0 Å². The van der Waals surface area contributed by atoms with E-state index < -0.39 is 0 Å². The zero-order valence-electron chi connectivity index (χ0n) is 8.01. The molecule has 0 aliphatic carbocycles. The Morgan fingerprint density at radius 3 is 2.09 bits per heavy atom. The molecule has 0 radical (unpaired) electrons. The van der Waals surface area contributed by atoms with Gasteiger partial charge in [0.2, 0.25) is 11.7 Å². The van der Waals surface area contributed by atoms with E-state index in [1.165, 1.54) is 0 Å². The predicted octanol–water partition coefficient (Wildman–Crippen LogP) is 2.08. The Bertz CT molecular complexity index is 220. The highest BCUT2D eigenvalue weighted by atomic mass is 16.5. The molecule has 1 aromatic heterocycles. The number of nitrogens with zero attached hydrogens (tertiary/aromatic N) is 1. The lowest BCUT2D eigenvalue weighted by atomic mass is 10.1. The first-order chi connectivity index (χ1) is 4.50. The number of aromatic nitrogens is 1. The standard InChI is InChI=1S/C8H14NO.CH3/c1-7-5-6-9(10-7)8(2,3)4;/h5-6H,1-4H3;1H3/q+1;-1. The summed E-state index contributed by atoms with van der Waals surface area (Å²) in [4.78, 5) is 0. The van der Waals surface area contributed by atoms with Gasteiger partial charge in [-0.25, -0.2) is 4.52 Å². The van der Waals surface area contributed by atoms with Crippen LogP contribution in [0.5, 0.6) is 0 Å². The van der Waals surface area contributed by atoms with Crippen molar-refractivity contribution in [1.82, 2.24) is 0 Å². The summed E-state index contributed by atoms with van der Waals surface area (Å²) in [6.45, 7) is 8.27. The highest BCUT2D eigenvalue weighted by molar-refractivity contribution is 4.84. The molecule has 11 heavy (non-hydrogen) atoms. The van der Waals surface area contributed by atoms with Crippen LogP contribution in [0.2, 0.25) is 0 Å². The van der Waals surface area contributed by atoms with E-state index in [2.05, 4.69) is 20.8 Å². The van der Waals surface area contributed by atoms with Crippen LogP contribution in [0.4, 0.5) is 0 Å². The van der Waals surface area contributed by atoms with Gasteiger partial charge in [-0.2, -0.15) is 0 Å². The number of hydrogen-bond acceptors (Lipinski definition) is 1. The molecule has 0 aliphatic heterocycles. The molecule has 0 unspecified atom stereocenters. The summed E-state index contributed by atoms with van der Waals surface area (Å²) in [6, 6.07) is 1.96. The average molecular weight is 155 g/mol. The van der Waals surface area contributed by atoms with Crippen LogP contribution in [0, 0.1) is 14.4 Å². The van der Waals surface area contributed by atoms with E-state index in [0.717, 1.165) is 5.76 Å². The smallest absolute Gasteiger partial charge is 0.220 e. The fourth-order valence-corrected chi connectivity index (χ4v) is 0.749. The van der Waals surface area contributed by atoms with Crippen LogP contribution in [-0.4, -0.2) is 0 Å². The summed E-state index contributed by atoms with van der Waals surface area (Å²) in [5.41, 5.74) is 0.0637. The zero-order valence-corrected chi connectivity index (χ0v) is 8.01. The first-order valence-electron chi connectivity index (χ1n) is 3.49. The van der Waals surface area contributed by atoms with Gasteiger partial charge in [0.15, 0.2) is 5.76 Å². The lowest BCUT2D eigenvalue weighted by Gasteiger charge is -2.05. The highest BCUT2D eigenvalue weighted by Crippen LogP contribution is 2.04. The largest absolute Gasteiger partial charge is 0.358 e. The Labute approximate surface area is 68.8 Å². The second-order valence-electron chi connectivity index (χ2n) is 3.51. The van der Waals surface area contributed by atoms with Crippen molar-refractivity contribution < 1.29 is 9.26 Å². The van der Waals surface area contributed by atoms with Crippen molar-refractivity contribution in [1.29, 1.82) is 0 Å². The summed E-state index contributed by atoms with van der Waals surface area (Å²) in [6.07, 6.45) is 1.95. The molecule has 2 heteroatoms. The molecule has 0 atom stereocenters. The molecule has 0 spiro atoms. The maximum absolute atomic E-state index is 5.36. The van der Waals surface area contributed by atoms with Crippen molar-refractivity contribution in [2.24, 2.45) is 0 Å². The summed E-state index contributed by atoms with van der Waals surface area (Å²) in [5, 5.41) is 0. The third-order valence-electron chi connectivity index (χ3n) is 1.35. The van der Waals surface area contributed by atoms with Crippen molar-refractivity contribution in [3.8, 4) is 0 Å². The maximum atomic E-state index is 5.36. The van der Waals surface area contributed by atoms with Gasteiger partial charge in [0.25, 0.3) is 0 Å². The highest BCUT2D eigenvalue weighted by Gasteiger charge is 2.25. The molecule has 0 amide bonds. The van der Waals surface area contributed by atoms with Crippen LogP contribution >= 0.6 is 0 Å². The summed E-state index contributed by atoms with van der Waals surface area (Å²) in [7, 11) is 0. The Morgan fingerprint density at radius 1 is 1.36 bits per heavy atom. The Kier molecular flexibility index (Phi) is 2.85. The maximum Gasteiger partial charge on any atom is 0.220 e. The molecule has 0 aromatic carbocycles. The van der Waals surface area contributed by atoms with Gasteiger partial charge in [0.1, 0.15) is 0 Å². The van der Waals surface area contributed by atoms with Crippen molar-refractivity contribution in [2.45, 2.75) is 33.2 Å². The van der Waals surface area contributed by atoms with Crippen LogP contribution in [-0.2, 0) is 5.54 Å². The van der Waals surface area contributed by atoms with Gasteiger partial charge < -0.3 is 7.43 Å². The fraction of sp³-hybridized carbons (Fsp3) is 0.556. The van der Waals surface area contributed by atoms with Crippen LogP contribution in [0.15, 0.2) is 16.8 Å². The van der Waals surface area contributed by atoms with Gasteiger partial charge in [-0.3, -0.25) is 0 Å². The molecule has 1 aromatic rings. The molecule has 64 valence electrons. The Balaban J connectivity index is 0.000001000. The fourth-order valence-electron chi connectivity index (χ4n) is 0.749. The monoisotopic (exact) mass is 155 g/mol. The molecule has 0 bridgehead atoms. The minimum Gasteiger partial charge on any atom is -0.358 e. The molecule has 2 nitrogen and oxygen atoms in total. The van der Waals surface area contributed by atoms with Crippen LogP contribution in [0.3, 0.4) is 0 Å². The van der Waals surface area contributed by atoms with E-state index in [9.17, 15) is 0 Å². The first-order valence-corrected chi connectivity index (χ1v) is 3.49. The van der Waals surface area contributed by atoms with E-state index in [1.807, 2.05) is 23.9 Å². The predicted molar refractivity (Wildman–Crippen MR) is 45.1 cm³/mol. The van der Waals surface area contributed by atoms with E-state index >= 15 is 0 Å². The first kappa shape index (κ1) is 10.2. The quantitative estimate of drug-likeness (QED) is 0.414. The molecule has 0 saturated carbocycles. The second-order valence-corrected chi connectivity index (χ2v) is 3.51. The van der Waals surface area contributed by atoms with E-state index in [0.29, 0.717) is 0 Å². The molecule has 1 rings (SSSR count). The number of hydrogen-bond donors (Lipinski definition) is 0. The molecular formula is C9H17NO. The zero-order chi connectivity index (χ0) is 7.78. The summed E-state index contributed by atoms with van der Waals surface area (Å²) < 4.78 is 7.21. The molecule has 0 aliphatic rings. The number of rotatable bonds is 0. The van der Waals surface area contributed by atoms with Crippen LogP contribution < -0.4 is 4.74 Å². The summed E-state index contributed by atoms with van der Waals surface area (Å²) >= 11 is 0. The minimum atomic E-state index is 0. The lowest BCUT2D eigenvalue weighted by molar-refractivity contribution is -0.907. The molecule has 0 fully saturated rings. The van der Waals surface area contributed by atoms with Gasteiger partial charge in [-0.15, -0.1) is 0 Å². The Hall–Kier alpha value is -0.790. The van der Waals surface area contributed by atoms with E-state index in [4.69, 9.17) is 4.52 Å². The molecule has 1 heterocycles.